The molecule has 0 saturated heterocycles. The number of carboxylic acids is 1. The van der Waals surface area contributed by atoms with Crippen LogP contribution in [0.5, 0.6) is 0 Å². The molecule has 0 spiro atoms. The first-order valence-corrected chi connectivity index (χ1v) is 7.42. The highest BCUT2D eigenvalue weighted by molar-refractivity contribution is 5.89. The van der Waals surface area contributed by atoms with Gasteiger partial charge in [0.25, 0.3) is 0 Å². The van der Waals surface area contributed by atoms with Crippen LogP contribution in [0.1, 0.15) is 40.0 Å². The summed E-state index contributed by atoms with van der Waals surface area (Å²) in [6.07, 6.45) is 1.75. The summed E-state index contributed by atoms with van der Waals surface area (Å²) in [5, 5.41) is 11.9. The number of amides is 1. The predicted molar refractivity (Wildman–Crippen MR) is 76.4 cm³/mol. The maximum Gasteiger partial charge on any atom is 0.328 e. The first kappa shape index (κ1) is 17.5. The fourth-order valence-electron chi connectivity index (χ4n) is 2.91. The van der Waals surface area contributed by atoms with Crippen LogP contribution in [-0.4, -0.2) is 36.1 Å². The van der Waals surface area contributed by atoms with E-state index in [1.54, 1.807) is 0 Å². The van der Waals surface area contributed by atoms with E-state index in [2.05, 4.69) is 5.32 Å². The highest BCUT2D eigenvalue weighted by Gasteiger charge is 2.42. The molecule has 0 radical (unpaired) electrons. The van der Waals surface area contributed by atoms with Crippen LogP contribution in [0.4, 0.5) is 0 Å². The lowest BCUT2D eigenvalue weighted by Gasteiger charge is -2.24. The second-order valence-corrected chi connectivity index (χ2v) is 6.02. The number of carbonyl (C=O) groups excluding carboxylic acids is 2. The summed E-state index contributed by atoms with van der Waals surface area (Å²) in [4.78, 5) is 35.4. The Labute approximate surface area is 125 Å². The summed E-state index contributed by atoms with van der Waals surface area (Å²) >= 11 is 0. The Balaban J connectivity index is 2.81. The van der Waals surface area contributed by atoms with Gasteiger partial charge in [-0.1, -0.05) is 27.2 Å². The van der Waals surface area contributed by atoms with Crippen LogP contribution in [0.15, 0.2) is 0 Å². The highest BCUT2D eigenvalue weighted by atomic mass is 16.5. The molecule has 2 N–H and O–H groups in total. The van der Waals surface area contributed by atoms with Crippen molar-refractivity contribution in [3.8, 4) is 0 Å². The van der Waals surface area contributed by atoms with Gasteiger partial charge in [0.15, 0.2) is 0 Å². The molecule has 1 amide bonds. The summed E-state index contributed by atoms with van der Waals surface area (Å²) in [5.41, 5.74) is 0. The van der Waals surface area contributed by atoms with Crippen LogP contribution in [0.2, 0.25) is 0 Å². The molecule has 0 heterocycles. The van der Waals surface area contributed by atoms with Gasteiger partial charge in [-0.05, 0) is 24.7 Å². The molecule has 0 aliphatic heterocycles. The minimum absolute atomic E-state index is 0.0662. The second kappa shape index (κ2) is 7.43. The van der Waals surface area contributed by atoms with E-state index in [9.17, 15) is 19.5 Å². The zero-order chi connectivity index (χ0) is 16.2. The van der Waals surface area contributed by atoms with E-state index in [4.69, 9.17) is 4.74 Å². The molecule has 5 atom stereocenters. The topological polar surface area (TPSA) is 92.7 Å². The van der Waals surface area contributed by atoms with E-state index in [1.807, 2.05) is 20.8 Å². The van der Waals surface area contributed by atoms with Crippen molar-refractivity contribution in [3.63, 3.8) is 0 Å². The van der Waals surface area contributed by atoms with E-state index in [1.165, 1.54) is 7.11 Å². The van der Waals surface area contributed by atoms with Gasteiger partial charge in [-0.15, -0.1) is 0 Å². The summed E-state index contributed by atoms with van der Waals surface area (Å²) in [6, 6.07) is -0.724. The first-order valence-electron chi connectivity index (χ1n) is 7.42. The lowest BCUT2D eigenvalue weighted by atomic mass is 9.93. The molecular weight excluding hydrogens is 274 g/mol. The molecule has 1 saturated carbocycles. The molecule has 1 fully saturated rings. The van der Waals surface area contributed by atoms with Crippen molar-refractivity contribution in [3.05, 3.63) is 0 Å². The Kier molecular flexibility index (Phi) is 6.18. The third-order valence-corrected chi connectivity index (χ3v) is 4.42. The SMILES string of the molecule is CCC(C)C(NC(=O)C1CC(C)CC1C(=O)O)C(=O)OC. The predicted octanol–water partition coefficient (Wildman–Crippen LogP) is 1.44. The van der Waals surface area contributed by atoms with Gasteiger partial charge >= 0.3 is 11.9 Å². The van der Waals surface area contributed by atoms with Crippen molar-refractivity contribution in [2.45, 2.75) is 46.1 Å². The van der Waals surface area contributed by atoms with Crippen molar-refractivity contribution >= 4 is 17.8 Å². The van der Waals surface area contributed by atoms with Gasteiger partial charge in [0.1, 0.15) is 6.04 Å². The summed E-state index contributed by atoms with van der Waals surface area (Å²) in [5.74, 6) is -2.91. The molecular formula is C15H25NO5. The van der Waals surface area contributed by atoms with E-state index in [0.717, 1.165) is 0 Å². The average molecular weight is 299 g/mol. The normalized spacial score (nSPS) is 27.7. The Morgan fingerprint density at radius 3 is 2.33 bits per heavy atom. The van der Waals surface area contributed by atoms with Gasteiger partial charge in [0, 0.05) is 0 Å². The van der Waals surface area contributed by atoms with Crippen LogP contribution in [0.25, 0.3) is 0 Å². The fraction of sp³-hybridized carbons (Fsp3) is 0.800. The molecule has 0 aromatic carbocycles. The minimum atomic E-state index is -0.947. The zero-order valence-electron chi connectivity index (χ0n) is 13.1. The third kappa shape index (κ3) is 4.19. The molecule has 120 valence electrons. The maximum atomic E-state index is 12.4. The van der Waals surface area contributed by atoms with Crippen molar-refractivity contribution in [1.82, 2.24) is 5.32 Å². The quantitative estimate of drug-likeness (QED) is 0.724. The van der Waals surface area contributed by atoms with Gasteiger partial charge in [0.2, 0.25) is 5.91 Å². The van der Waals surface area contributed by atoms with Gasteiger partial charge < -0.3 is 15.2 Å². The van der Waals surface area contributed by atoms with Crippen LogP contribution in [0, 0.1) is 23.7 Å². The molecule has 6 nitrogen and oxygen atoms in total. The molecule has 1 aliphatic rings. The summed E-state index contributed by atoms with van der Waals surface area (Å²) in [7, 11) is 1.28. The van der Waals surface area contributed by atoms with E-state index >= 15 is 0 Å². The van der Waals surface area contributed by atoms with Gasteiger partial charge in [0.05, 0.1) is 18.9 Å². The van der Waals surface area contributed by atoms with Crippen LogP contribution < -0.4 is 5.32 Å². The van der Waals surface area contributed by atoms with Crippen molar-refractivity contribution < 1.29 is 24.2 Å². The van der Waals surface area contributed by atoms with Gasteiger partial charge in [-0.3, -0.25) is 9.59 Å². The standard InChI is InChI=1S/C15H25NO5/c1-5-9(3)12(15(20)21-4)16-13(17)10-6-8(2)7-11(10)14(18)19/h8-12H,5-7H2,1-4H3,(H,16,17)(H,18,19). The number of esters is 1. The minimum Gasteiger partial charge on any atom is -0.481 e. The molecule has 21 heavy (non-hydrogen) atoms. The van der Waals surface area contributed by atoms with Crippen molar-refractivity contribution in [2.24, 2.45) is 23.7 Å². The third-order valence-electron chi connectivity index (χ3n) is 4.42. The second-order valence-electron chi connectivity index (χ2n) is 6.02. The molecule has 0 bridgehead atoms. The number of aliphatic carboxylic acids is 1. The van der Waals surface area contributed by atoms with Crippen molar-refractivity contribution in [2.75, 3.05) is 7.11 Å². The van der Waals surface area contributed by atoms with Gasteiger partial charge in [-0.2, -0.15) is 0 Å². The van der Waals surface area contributed by atoms with E-state index in [-0.39, 0.29) is 17.7 Å². The number of hydrogen-bond donors (Lipinski definition) is 2. The van der Waals surface area contributed by atoms with Crippen LogP contribution in [0.3, 0.4) is 0 Å². The largest absolute Gasteiger partial charge is 0.481 e. The Hall–Kier alpha value is -1.59. The van der Waals surface area contributed by atoms with E-state index < -0.39 is 29.8 Å². The molecule has 6 heteroatoms. The Morgan fingerprint density at radius 2 is 1.86 bits per heavy atom. The average Bonchev–Trinajstić information content (AvgIpc) is 2.85. The Bertz CT molecular complexity index is 409. The first-order chi connectivity index (χ1) is 9.81. The lowest BCUT2D eigenvalue weighted by molar-refractivity contribution is -0.149. The summed E-state index contributed by atoms with van der Waals surface area (Å²) in [6.45, 7) is 5.72. The molecule has 5 unspecified atom stereocenters. The fourth-order valence-corrected chi connectivity index (χ4v) is 2.91. The number of nitrogens with one attached hydrogen (secondary N) is 1. The number of carboxylic acid groups (broad SMARTS) is 1. The molecule has 0 aromatic rings. The monoisotopic (exact) mass is 299 g/mol. The molecule has 0 aromatic heterocycles. The van der Waals surface area contributed by atoms with Crippen molar-refractivity contribution in [1.29, 1.82) is 0 Å². The van der Waals surface area contributed by atoms with Crippen LogP contribution in [-0.2, 0) is 19.1 Å². The van der Waals surface area contributed by atoms with E-state index in [0.29, 0.717) is 19.3 Å². The van der Waals surface area contributed by atoms with Gasteiger partial charge in [-0.25, -0.2) is 4.79 Å². The maximum absolute atomic E-state index is 12.4. The number of rotatable bonds is 6. The summed E-state index contributed by atoms with van der Waals surface area (Å²) < 4.78 is 4.72. The highest BCUT2D eigenvalue weighted by Crippen LogP contribution is 2.36. The molecule has 1 rings (SSSR count). The number of carbonyl (C=O) groups is 3. The number of hydrogen-bond acceptors (Lipinski definition) is 4. The zero-order valence-corrected chi connectivity index (χ0v) is 13.1. The smallest absolute Gasteiger partial charge is 0.328 e. The lowest BCUT2D eigenvalue weighted by Crippen LogP contribution is -2.48. The molecule has 1 aliphatic carbocycles. The Morgan fingerprint density at radius 1 is 1.29 bits per heavy atom. The number of methoxy groups -OCH3 is 1. The number of ether oxygens (including phenoxy) is 1. The van der Waals surface area contributed by atoms with Crippen LogP contribution >= 0.6 is 0 Å².